The highest BCUT2D eigenvalue weighted by Crippen LogP contribution is 2.25. The maximum Gasteiger partial charge on any atom is 0.314 e. The quantitative estimate of drug-likeness (QED) is 0.148. The van der Waals surface area contributed by atoms with Crippen molar-refractivity contribution in [2.24, 2.45) is 5.92 Å². The highest BCUT2D eigenvalue weighted by atomic mass is 16.5. The summed E-state index contributed by atoms with van der Waals surface area (Å²) in [7, 11) is 0. The molecule has 1 heterocycles. The lowest BCUT2D eigenvalue weighted by Gasteiger charge is -2.10. The van der Waals surface area contributed by atoms with Gasteiger partial charge in [-0.2, -0.15) is 0 Å². The van der Waals surface area contributed by atoms with E-state index in [1.54, 1.807) is 0 Å². The van der Waals surface area contributed by atoms with E-state index in [9.17, 15) is 4.79 Å². The lowest BCUT2D eigenvalue weighted by Crippen LogP contribution is -2.16. The molecule has 0 radical (unpaired) electrons. The molecular weight excluding hydrogens is 420 g/mol. The van der Waals surface area contributed by atoms with Crippen LogP contribution in [-0.4, -0.2) is 15.9 Å². The van der Waals surface area contributed by atoms with E-state index in [4.69, 9.17) is 4.74 Å². The second kappa shape index (κ2) is 13.6. The van der Waals surface area contributed by atoms with E-state index in [1.807, 2.05) is 50.5 Å². The minimum absolute atomic E-state index is 0.0937. The molecule has 1 atom stereocenters. The molecule has 4 nitrogen and oxygen atoms in total. The molecule has 1 unspecified atom stereocenters. The predicted octanol–water partition coefficient (Wildman–Crippen LogP) is 8.06. The van der Waals surface area contributed by atoms with Crippen LogP contribution in [0.2, 0.25) is 0 Å². The Kier molecular flexibility index (Phi) is 10.3. The second-order valence-electron chi connectivity index (χ2n) is 9.12. The van der Waals surface area contributed by atoms with Crippen LogP contribution in [0.1, 0.15) is 77.7 Å². The number of carbonyl (C=O) groups is 1. The average molecular weight is 459 g/mol. The van der Waals surface area contributed by atoms with Gasteiger partial charge in [0.1, 0.15) is 5.75 Å². The first kappa shape index (κ1) is 25.6. The highest BCUT2D eigenvalue weighted by molar-refractivity contribution is 5.75. The summed E-state index contributed by atoms with van der Waals surface area (Å²) in [4.78, 5) is 21.2. The maximum atomic E-state index is 12.0. The van der Waals surface area contributed by atoms with Gasteiger partial charge in [-0.05, 0) is 48.1 Å². The molecule has 0 aliphatic heterocycles. The summed E-state index contributed by atoms with van der Waals surface area (Å²) in [6.45, 7) is 6.12. The van der Waals surface area contributed by atoms with E-state index in [-0.39, 0.29) is 11.9 Å². The van der Waals surface area contributed by atoms with Crippen molar-refractivity contribution in [1.29, 1.82) is 0 Å². The molecule has 0 bridgehead atoms. The summed E-state index contributed by atoms with van der Waals surface area (Å²) < 4.78 is 5.44. The van der Waals surface area contributed by atoms with Gasteiger partial charge in [-0.1, -0.05) is 95.7 Å². The monoisotopic (exact) mass is 458 g/mol. The zero-order valence-corrected chi connectivity index (χ0v) is 20.9. The van der Waals surface area contributed by atoms with E-state index in [2.05, 4.69) is 41.2 Å². The van der Waals surface area contributed by atoms with Crippen molar-refractivity contribution >= 4 is 5.97 Å². The van der Waals surface area contributed by atoms with Crippen LogP contribution in [0.5, 0.6) is 5.75 Å². The van der Waals surface area contributed by atoms with Gasteiger partial charge in [-0.3, -0.25) is 4.79 Å². The molecule has 0 fully saturated rings. The Bertz CT molecular complexity index is 995. The van der Waals surface area contributed by atoms with Gasteiger partial charge in [0.05, 0.1) is 5.92 Å². The Morgan fingerprint density at radius 1 is 0.765 bits per heavy atom. The number of esters is 1. The molecule has 4 heteroatoms. The molecule has 0 saturated carbocycles. The molecule has 3 rings (SSSR count). The Labute approximate surface area is 204 Å². The van der Waals surface area contributed by atoms with Crippen LogP contribution in [0.15, 0.2) is 60.9 Å². The maximum absolute atomic E-state index is 12.0. The summed E-state index contributed by atoms with van der Waals surface area (Å²) in [5.41, 5.74) is 4.38. The predicted molar refractivity (Wildman–Crippen MR) is 140 cm³/mol. The van der Waals surface area contributed by atoms with Crippen LogP contribution in [0.3, 0.4) is 0 Å². The third-order valence-electron chi connectivity index (χ3n) is 6.34. The number of carbonyl (C=O) groups excluding carboxylic acids is 1. The van der Waals surface area contributed by atoms with Crippen LogP contribution in [-0.2, 0) is 11.2 Å². The number of benzene rings is 2. The third kappa shape index (κ3) is 7.79. The number of hydrogen-bond acceptors (Lipinski definition) is 4. The van der Waals surface area contributed by atoms with Crippen molar-refractivity contribution in [3.05, 3.63) is 66.5 Å². The SMILES string of the molecule is CCCCCCCCCc1cnc(-c2ccc(-c3ccc(OC(=O)C(C)CC)cc3)cc2)nc1. The Morgan fingerprint density at radius 3 is 1.88 bits per heavy atom. The van der Waals surface area contributed by atoms with E-state index in [0.717, 1.165) is 35.4 Å². The number of ether oxygens (including phenoxy) is 1. The van der Waals surface area contributed by atoms with Gasteiger partial charge in [-0.15, -0.1) is 0 Å². The summed E-state index contributed by atoms with van der Waals surface area (Å²) in [6, 6.07) is 15.9. The zero-order valence-electron chi connectivity index (χ0n) is 20.9. The molecule has 0 aliphatic carbocycles. The zero-order chi connectivity index (χ0) is 24.2. The van der Waals surface area contributed by atoms with Gasteiger partial charge in [-0.25, -0.2) is 9.97 Å². The van der Waals surface area contributed by atoms with Gasteiger partial charge in [0.25, 0.3) is 0 Å². The van der Waals surface area contributed by atoms with Crippen molar-refractivity contribution in [3.63, 3.8) is 0 Å². The molecule has 0 saturated heterocycles. The normalized spacial score (nSPS) is 11.9. The highest BCUT2D eigenvalue weighted by Gasteiger charge is 2.13. The Hall–Kier alpha value is -3.01. The Balaban J connectivity index is 1.51. The molecule has 0 amide bonds. The number of rotatable bonds is 13. The molecule has 1 aromatic heterocycles. The molecule has 3 aromatic rings. The minimum Gasteiger partial charge on any atom is -0.426 e. The smallest absolute Gasteiger partial charge is 0.314 e. The largest absolute Gasteiger partial charge is 0.426 e. The summed E-state index contributed by atoms with van der Waals surface area (Å²) in [5.74, 6) is 1.05. The van der Waals surface area contributed by atoms with E-state index in [0.29, 0.717) is 5.75 Å². The van der Waals surface area contributed by atoms with Crippen LogP contribution in [0, 0.1) is 5.92 Å². The van der Waals surface area contributed by atoms with Crippen LogP contribution in [0.25, 0.3) is 22.5 Å². The topological polar surface area (TPSA) is 52.1 Å². The number of unbranched alkanes of at least 4 members (excludes halogenated alkanes) is 6. The van der Waals surface area contributed by atoms with Gasteiger partial charge in [0, 0.05) is 18.0 Å². The first-order chi connectivity index (χ1) is 16.6. The van der Waals surface area contributed by atoms with E-state index in [1.165, 1.54) is 50.5 Å². The molecule has 34 heavy (non-hydrogen) atoms. The average Bonchev–Trinajstić information content (AvgIpc) is 2.88. The number of aryl methyl sites for hydroxylation is 1. The fraction of sp³-hybridized carbons (Fsp3) is 0.433. The lowest BCUT2D eigenvalue weighted by atomic mass is 10.0. The van der Waals surface area contributed by atoms with Crippen LogP contribution in [0.4, 0.5) is 0 Å². The van der Waals surface area contributed by atoms with Crippen molar-refractivity contribution in [2.45, 2.75) is 78.6 Å². The first-order valence-electron chi connectivity index (χ1n) is 12.8. The van der Waals surface area contributed by atoms with Gasteiger partial charge in [0.2, 0.25) is 0 Å². The standard InChI is InChI=1S/C30H38N2O2/c1-4-6-7-8-9-10-11-12-24-21-31-29(32-22-24)27-15-13-25(14-16-27)26-17-19-28(20-18-26)34-30(33)23(3)5-2/h13-23H,4-12H2,1-3H3. The van der Waals surface area contributed by atoms with Gasteiger partial charge >= 0.3 is 5.97 Å². The van der Waals surface area contributed by atoms with Crippen LogP contribution < -0.4 is 4.74 Å². The molecule has 180 valence electrons. The lowest BCUT2D eigenvalue weighted by molar-refractivity contribution is -0.138. The third-order valence-corrected chi connectivity index (χ3v) is 6.34. The van der Waals surface area contributed by atoms with Crippen molar-refractivity contribution < 1.29 is 9.53 Å². The molecule has 2 aromatic carbocycles. The number of hydrogen-bond donors (Lipinski definition) is 0. The second-order valence-corrected chi connectivity index (χ2v) is 9.12. The van der Waals surface area contributed by atoms with Crippen molar-refractivity contribution in [3.8, 4) is 28.3 Å². The van der Waals surface area contributed by atoms with Crippen molar-refractivity contribution in [1.82, 2.24) is 9.97 Å². The summed E-state index contributed by atoms with van der Waals surface area (Å²) >= 11 is 0. The van der Waals surface area contributed by atoms with Gasteiger partial charge in [0.15, 0.2) is 5.82 Å². The fourth-order valence-corrected chi connectivity index (χ4v) is 3.83. The van der Waals surface area contributed by atoms with Crippen molar-refractivity contribution in [2.75, 3.05) is 0 Å². The summed E-state index contributed by atoms with van der Waals surface area (Å²) in [5, 5.41) is 0. The van der Waals surface area contributed by atoms with E-state index < -0.39 is 0 Å². The van der Waals surface area contributed by atoms with Crippen LogP contribution >= 0.6 is 0 Å². The summed E-state index contributed by atoms with van der Waals surface area (Å²) in [6.07, 6.45) is 15.0. The van der Waals surface area contributed by atoms with E-state index >= 15 is 0 Å². The first-order valence-corrected chi connectivity index (χ1v) is 12.8. The molecule has 0 aliphatic rings. The molecule has 0 N–H and O–H groups in total. The number of aromatic nitrogens is 2. The van der Waals surface area contributed by atoms with Gasteiger partial charge < -0.3 is 4.74 Å². The number of nitrogens with zero attached hydrogens (tertiary/aromatic N) is 2. The minimum atomic E-state index is -0.187. The fourth-order valence-electron chi connectivity index (χ4n) is 3.83. The molecular formula is C30H38N2O2. The Morgan fingerprint density at radius 2 is 1.29 bits per heavy atom. The molecule has 0 spiro atoms.